The lowest BCUT2D eigenvalue weighted by Crippen LogP contribution is -2.27. The van der Waals surface area contributed by atoms with Crippen LogP contribution in [-0.4, -0.2) is 38.4 Å². The number of hydrogen-bond donors (Lipinski definition) is 3. The minimum atomic E-state index is 0.283. The van der Waals surface area contributed by atoms with Crippen LogP contribution in [0.2, 0.25) is 0 Å². The zero-order valence-corrected chi connectivity index (χ0v) is 7.56. The summed E-state index contributed by atoms with van der Waals surface area (Å²) in [7, 11) is 3.90. The van der Waals surface area contributed by atoms with Gasteiger partial charge in [-0.05, 0) is 39.9 Å². The van der Waals surface area contributed by atoms with Gasteiger partial charge in [0.25, 0.3) is 0 Å². The summed E-state index contributed by atoms with van der Waals surface area (Å²) in [5.74, 6) is 0. The van der Waals surface area contributed by atoms with Gasteiger partial charge in [0.2, 0.25) is 0 Å². The lowest BCUT2D eigenvalue weighted by Gasteiger charge is -2.13. The Balaban J connectivity index is 3.20. The predicted octanol–water partition coefficient (Wildman–Crippen LogP) is -0.0436. The summed E-state index contributed by atoms with van der Waals surface area (Å²) in [4.78, 5) is 0. The molecule has 0 amide bonds. The Bertz CT molecular complexity index is 78.5. The fourth-order valence-corrected chi connectivity index (χ4v) is 1.11. The van der Waals surface area contributed by atoms with Crippen molar-refractivity contribution in [2.24, 2.45) is 0 Å². The lowest BCUT2D eigenvalue weighted by atomic mass is 10.1. The molecule has 3 heteroatoms. The van der Waals surface area contributed by atoms with Crippen LogP contribution in [-0.2, 0) is 0 Å². The maximum Gasteiger partial charge on any atom is 0.0445 e. The minimum absolute atomic E-state index is 0.283. The van der Waals surface area contributed by atoms with Crippen molar-refractivity contribution < 1.29 is 5.11 Å². The summed E-state index contributed by atoms with van der Waals surface area (Å²) < 4.78 is 0. The van der Waals surface area contributed by atoms with E-state index >= 15 is 0 Å². The summed E-state index contributed by atoms with van der Waals surface area (Å²) in [6, 6.07) is 0.480. The van der Waals surface area contributed by atoms with Gasteiger partial charge in [0.1, 0.15) is 0 Å². The molecule has 0 radical (unpaired) electrons. The molecule has 0 aromatic carbocycles. The van der Waals surface area contributed by atoms with Crippen molar-refractivity contribution in [3.8, 4) is 0 Å². The molecule has 0 aliphatic heterocycles. The van der Waals surface area contributed by atoms with Crippen LogP contribution in [0.1, 0.15) is 19.3 Å². The van der Waals surface area contributed by atoms with E-state index < -0.39 is 0 Å². The molecule has 0 aromatic heterocycles. The van der Waals surface area contributed by atoms with Crippen LogP contribution in [0.5, 0.6) is 0 Å². The monoisotopic (exact) mass is 160 g/mol. The molecule has 0 saturated carbocycles. The molecule has 0 saturated heterocycles. The van der Waals surface area contributed by atoms with Crippen LogP contribution >= 0.6 is 0 Å². The average Bonchev–Trinajstić information content (AvgIpc) is 2.03. The highest BCUT2D eigenvalue weighted by Gasteiger charge is 2.02. The Morgan fingerprint density at radius 1 is 1.27 bits per heavy atom. The van der Waals surface area contributed by atoms with Gasteiger partial charge in [0.15, 0.2) is 0 Å². The van der Waals surface area contributed by atoms with E-state index in [0.717, 1.165) is 19.4 Å². The highest BCUT2D eigenvalue weighted by atomic mass is 16.3. The van der Waals surface area contributed by atoms with Gasteiger partial charge < -0.3 is 15.7 Å². The van der Waals surface area contributed by atoms with Gasteiger partial charge in [-0.3, -0.25) is 0 Å². The van der Waals surface area contributed by atoms with Gasteiger partial charge >= 0.3 is 0 Å². The van der Waals surface area contributed by atoms with Crippen LogP contribution in [0.3, 0.4) is 0 Å². The molecular weight excluding hydrogens is 140 g/mol. The van der Waals surface area contributed by atoms with Crippen molar-refractivity contribution in [3.63, 3.8) is 0 Å². The summed E-state index contributed by atoms with van der Waals surface area (Å²) >= 11 is 0. The topological polar surface area (TPSA) is 44.3 Å². The van der Waals surface area contributed by atoms with E-state index in [0.29, 0.717) is 6.04 Å². The van der Waals surface area contributed by atoms with Crippen molar-refractivity contribution in [3.05, 3.63) is 0 Å². The normalized spacial score (nSPS) is 13.4. The standard InChI is InChI=1S/C8H20N2O/c1-9-6-3-4-8(10-2)5-7-11/h8-11H,3-7H2,1-2H3/t8-/m0/s1. The highest BCUT2D eigenvalue weighted by molar-refractivity contribution is 4.63. The third-order valence-electron chi connectivity index (χ3n) is 1.87. The molecule has 0 spiro atoms. The molecule has 3 nitrogen and oxygen atoms in total. The second-order valence-electron chi connectivity index (χ2n) is 2.74. The molecule has 0 aliphatic carbocycles. The molecule has 0 rings (SSSR count). The van der Waals surface area contributed by atoms with Gasteiger partial charge in [0.05, 0.1) is 0 Å². The fourth-order valence-electron chi connectivity index (χ4n) is 1.11. The van der Waals surface area contributed by atoms with Crippen molar-refractivity contribution in [1.82, 2.24) is 10.6 Å². The molecule has 3 N–H and O–H groups in total. The molecule has 11 heavy (non-hydrogen) atoms. The van der Waals surface area contributed by atoms with E-state index in [4.69, 9.17) is 5.11 Å². The first-order valence-corrected chi connectivity index (χ1v) is 4.27. The Hall–Kier alpha value is -0.120. The van der Waals surface area contributed by atoms with Crippen molar-refractivity contribution in [1.29, 1.82) is 0 Å². The fraction of sp³-hybridized carbons (Fsp3) is 1.00. The first-order chi connectivity index (χ1) is 5.35. The number of aliphatic hydroxyl groups excluding tert-OH is 1. The second kappa shape index (κ2) is 7.98. The van der Waals surface area contributed by atoms with Gasteiger partial charge in [0, 0.05) is 12.6 Å². The van der Waals surface area contributed by atoms with Crippen LogP contribution in [0.25, 0.3) is 0 Å². The van der Waals surface area contributed by atoms with Crippen molar-refractivity contribution >= 4 is 0 Å². The molecule has 0 aromatic rings. The van der Waals surface area contributed by atoms with Gasteiger partial charge in [-0.2, -0.15) is 0 Å². The number of aliphatic hydroxyl groups is 1. The molecule has 68 valence electrons. The number of nitrogens with one attached hydrogen (secondary N) is 2. The second-order valence-corrected chi connectivity index (χ2v) is 2.74. The van der Waals surface area contributed by atoms with E-state index in [2.05, 4.69) is 10.6 Å². The summed E-state index contributed by atoms with van der Waals surface area (Å²) in [5.41, 5.74) is 0. The molecule has 0 aliphatic rings. The van der Waals surface area contributed by atoms with Gasteiger partial charge in [-0.15, -0.1) is 0 Å². The van der Waals surface area contributed by atoms with Crippen LogP contribution in [0, 0.1) is 0 Å². The SMILES string of the molecule is CNCCC[C@@H](CCO)NC. The largest absolute Gasteiger partial charge is 0.396 e. The maximum absolute atomic E-state index is 8.67. The Kier molecular flexibility index (Phi) is 7.89. The van der Waals surface area contributed by atoms with E-state index in [1.807, 2.05) is 14.1 Å². The average molecular weight is 160 g/mol. The third-order valence-corrected chi connectivity index (χ3v) is 1.87. The van der Waals surface area contributed by atoms with E-state index in [9.17, 15) is 0 Å². The van der Waals surface area contributed by atoms with Crippen LogP contribution < -0.4 is 10.6 Å². The van der Waals surface area contributed by atoms with Crippen molar-refractivity contribution in [2.45, 2.75) is 25.3 Å². The quantitative estimate of drug-likeness (QED) is 0.458. The maximum atomic E-state index is 8.67. The predicted molar refractivity (Wildman–Crippen MR) is 47.7 cm³/mol. The minimum Gasteiger partial charge on any atom is -0.396 e. The van der Waals surface area contributed by atoms with Crippen LogP contribution in [0.15, 0.2) is 0 Å². The zero-order chi connectivity index (χ0) is 8.53. The smallest absolute Gasteiger partial charge is 0.0445 e. The number of rotatable bonds is 7. The highest BCUT2D eigenvalue weighted by Crippen LogP contribution is 1.99. The summed E-state index contributed by atoms with van der Waals surface area (Å²) in [6.45, 7) is 1.34. The lowest BCUT2D eigenvalue weighted by molar-refractivity contribution is 0.263. The molecular formula is C8H20N2O. The van der Waals surface area contributed by atoms with E-state index in [1.165, 1.54) is 6.42 Å². The molecule has 1 atom stereocenters. The molecule has 0 bridgehead atoms. The zero-order valence-electron chi connectivity index (χ0n) is 7.56. The summed E-state index contributed by atoms with van der Waals surface area (Å²) in [6.07, 6.45) is 3.17. The van der Waals surface area contributed by atoms with Gasteiger partial charge in [-0.1, -0.05) is 0 Å². The first kappa shape index (κ1) is 10.9. The van der Waals surface area contributed by atoms with Crippen molar-refractivity contribution in [2.75, 3.05) is 27.2 Å². The van der Waals surface area contributed by atoms with Gasteiger partial charge in [-0.25, -0.2) is 0 Å². The van der Waals surface area contributed by atoms with Crippen LogP contribution in [0.4, 0.5) is 0 Å². The molecule has 0 heterocycles. The third kappa shape index (κ3) is 6.28. The Labute approximate surface area is 69.2 Å². The molecule has 0 unspecified atom stereocenters. The van der Waals surface area contributed by atoms with E-state index in [-0.39, 0.29) is 6.61 Å². The Morgan fingerprint density at radius 3 is 2.45 bits per heavy atom. The number of hydrogen-bond acceptors (Lipinski definition) is 3. The first-order valence-electron chi connectivity index (χ1n) is 4.27. The molecule has 0 fully saturated rings. The Morgan fingerprint density at radius 2 is 2.00 bits per heavy atom. The van der Waals surface area contributed by atoms with E-state index in [1.54, 1.807) is 0 Å². The summed E-state index contributed by atoms with van der Waals surface area (Å²) in [5, 5.41) is 14.9.